The number of ether oxygens (including phenoxy) is 11. The van der Waals surface area contributed by atoms with Gasteiger partial charge in [-0.2, -0.15) is 30.1 Å². The van der Waals surface area contributed by atoms with E-state index in [9.17, 15) is 18.7 Å². The Bertz CT molecular complexity index is 3820. The fraction of sp³-hybridized carbons (Fsp3) is 0.778. The van der Waals surface area contributed by atoms with E-state index in [-0.39, 0.29) is 54.3 Å². The molecule has 2 amide bonds. The van der Waals surface area contributed by atoms with E-state index < -0.39 is 130 Å². The minimum absolute atomic E-state index is 0.0439. The van der Waals surface area contributed by atoms with E-state index in [0.29, 0.717) is 40.3 Å². The fourth-order valence-corrected chi connectivity index (χ4v) is 26.5. The molecule has 0 spiro atoms. The molecule has 2 saturated carbocycles. The number of carbonyl (C=O) groups is 2. The molecule has 0 N–H and O–H groups in total. The quantitative estimate of drug-likeness (QED) is 0.0186. The van der Waals surface area contributed by atoms with Crippen LogP contribution in [0.5, 0.6) is 0 Å². The second-order valence-corrected chi connectivity index (χ2v) is 46.1. The van der Waals surface area contributed by atoms with Gasteiger partial charge in [-0.15, -0.1) is 0 Å². The maximum atomic E-state index is 13.7. The number of thiocarbonyl (C=S) groups is 1. The van der Waals surface area contributed by atoms with Crippen molar-refractivity contribution in [2.45, 2.75) is 310 Å². The molecule has 12 atom stereocenters. The fourth-order valence-electron chi connectivity index (χ4n) is 14.1. The summed E-state index contributed by atoms with van der Waals surface area (Å²) in [6, 6.07) is -0.225. The number of halogens is 2. The van der Waals surface area contributed by atoms with Gasteiger partial charge in [-0.05, 0) is 151 Å². The van der Waals surface area contributed by atoms with E-state index in [1.807, 2.05) is 69.2 Å². The summed E-state index contributed by atoms with van der Waals surface area (Å²) in [5.41, 5.74) is -0.710. The number of nitrogens with zero attached hydrogens (tertiary/aromatic N) is 12. The molecule has 599 valence electrons. The minimum atomic E-state index is -3.34. The van der Waals surface area contributed by atoms with E-state index in [4.69, 9.17) is 96.6 Å². The average molecular weight is 1700 g/mol. The molecule has 5 aromatic heterocycles. The molecule has 6 aliphatic rings. The summed E-state index contributed by atoms with van der Waals surface area (Å²) in [5.74, 6) is -2.83. The van der Waals surface area contributed by atoms with Gasteiger partial charge < -0.3 is 61.2 Å². The molecule has 5 aromatic rings. The Balaban J connectivity index is 0.000000214. The molecule has 0 aromatic carbocycles. The zero-order valence-electron chi connectivity index (χ0n) is 65.7. The minimum Gasteiger partial charge on any atom is -0.467 e. The van der Waals surface area contributed by atoms with Crippen LogP contribution in [0.2, 0.25) is 23.9 Å². The normalized spacial score (nSPS) is 24.5. The first kappa shape index (κ1) is 87.2. The zero-order valence-corrected chi connectivity index (χ0v) is 72.7. The zero-order chi connectivity index (χ0) is 78.0. The van der Waals surface area contributed by atoms with Gasteiger partial charge in [-0.1, -0.05) is 25.7 Å². The second-order valence-electron chi connectivity index (χ2n) is 31.1. The van der Waals surface area contributed by atoms with Crippen LogP contribution in [0.1, 0.15) is 213 Å². The van der Waals surface area contributed by atoms with Crippen molar-refractivity contribution < 1.29 is 79.9 Å². The van der Waals surface area contributed by atoms with Gasteiger partial charge in [0.15, 0.2) is 52.8 Å². The largest absolute Gasteiger partial charge is 0.467 e. The number of hydrogen-bond donors (Lipinski definition) is 0. The number of rotatable bonds is 29. The van der Waals surface area contributed by atoms with E-state index >= 15 is 0 Å². The molecule has 2 aliphatic carbocycles. The van der Waals surface area contributed by atoms with Gasteiger partial charge in [-0.3, -0.25) is 23.5 Å². The molecular weight excluding hydrogens is 1590 g/mol. The summed E-state index contributed by atoms with van der Waals surface area (Å²) >= 11 is 17.6. The Morgan fingerprint density at radius 3 is 1.45 bits per heavy atom. The third kappa shape index (κ3) is 22.8. The van der Waals surface area contributed by atoms with Crippen LogP contribution >= 0.6 is 50.2 Å². The Labute approximate surface area is 653 Å². The molecule has 9 heterocycles. The first-order valence-corrected chi connectivity index (χ1v) is 49.5. The summed E-state index contributed by atoms with van der Waals surface area (Å²) in [6.07, 6.45) is 17.7. The van der Waals surface area contributed by atoms with Gasteiger partial charge in [-0.25, -0.2) is 23.9 Å². The third-order valence-corrected chi connectivity index (χ3v) is 33.3. The molecule has 4 saturated heterocycles. The Hall–Kier alpha value is -3.82. The Morgan fingerprint density at radius 2 is 1.06 bits per heavy atom. The van der Waals surface area contributed by atoms with Crippen molar-refractivity contribution in [2.24, 2.45) is 0 Å². The van der Waals surface area contributed by atoms with Crippen LogP contribution in [0.4, 0.5) is 21.2 Å². The predicted molar refractivity (Wildman–Crippen MR) is 415 cm³/mol. The average Bonchev–Trinajstić information content (AvgIpc) is 1.60. The van der Waals surface area contributed by atoms with Gasteiger partial charge >= 0.3 is 105 Å². The molecule has 107 heavy (non-hydrogen) atoms. The number of carbonyl (C=O) groups excluding carboxylic acids is 2. The summed E-state index contributed by atoms with van der Waals surface area (Å²) in [4.78, 5) is 52.4. The molecule has 1 radical (unpaired) electrons. The van der Waals surface area contributed by atoms with Gasteiger partial charge in [0.2, 0.25) is 25.3 Å². The number of unbranched alkanes of at least 4 members (excludes halogenated alkanes) is 3. The van der Waals surface area contributed by atoms with Crippen LogP contribution in [0, 0.1) is 0 Å². The van der Waals surface area contributed by atoms with E-state index in [1.165, 1.54) is 56.1 Å². The number of imidazole rings is 1. The topological polar surface area (TPSA) is 300 Å². The van der Waals surface area contributed by atoms with Crippen LogP contribution in [0.3, 0.4) is 0 Å². The summed E-state index contributed by atoms with van der Waals surface area (Å²) in [6.45, 7) is 34.0. The molecule has 0 bridgehead atoms. The van der Waals surface area contributed by atoms with Crippen LogP contribution < -0.4 is 9.80 Å². The van der Waals surface area contributed by atoms with Gasteiger partial charge in [0, 0.05) is 37.8 Å². The van der Waals surface area contributed by atoms with E-state index in [0.717, 1.165) is 51.4 Å². The molecule has 4 unspecified atom stereocenters. The molecule has 11 rings (SSSR count). The summed E-state index contributed by atoms with van der Waals surface area (Å²) < 4.78 is 115. The van der Waals surface area contributed by atoms with Gasteiger partial charge in [0.1, 0.15) is 66.6 Å². The maximum Gasteiger partial charge on any atom is 0.416 e. The monoisotopic (exact) mass is 1700 g/mol. The van der Waals surface area contributed by atoms with E-state index in [2.05, 4.69) is 55.9 Å². The standard InChI is InChI=1S/C32H45ClN7O9PS.C28H43ClN5O8P.3C4H9.Sn/c1-8-45-50(7,42)22(17-44-30(51)38-14-13-34-18-38)43-16-21-23-24(48-32(5,6)47-23)27(46-21)40-26-20(15-35-40)25(36-28(33)37-26)39(19-11-9-10-12-19)29(41)49-31(2,3)4;1-9-38-43(8,36)16(2)37-15-19-20-21(41-28(6,7)40-20)24(39-19)34-23-18(14-30-34)22(31-25(29)32-23)33(17-12-10-11-13-17)26(35)42-27(3,4)5;3*1-3-4-2;/h13-15,18-19,21-24,27H,8-12,16-17H2,1-7H3;14,16-17,19-21,24H,9-13,15H2,1-8H3;3*1,3-4H2,2H3;/t21-,22?,23-,24-,27-,50?;16?,19-,20-,21-,24-,43?;;;;/m11..../s1. The number of hydrogen-bond acceptors (Lipinski definition) is 25. The first-order chi connectivity index (χ1) is 50.5. The van der Waals surface area contributed by atoms with Crippen molar-refractivity contribution >= 4 is 121 Å². The Kier molecular flexibility index (Phi) is 30.9. The summed E-state index contributed by atoms with van der Waals surface area (Å²) in [7, 11) is -6.33. The number of aromatic nitrogens is 10. The number of amides is 2. The van der Waals surface area contributed by atoms with Gasteiger partial charge in [0.25, 0.3) is 5.17 Å². The van der Waals surface area contributed by atoms with Crippen molar-refractivity contribution in [1.82, 2.24) is 49.0 Å². The third-order valence-electron chi connectivity index (χ3n) is 19.2. The molecular formula is C72H115Cl2N12O17P2SSn. The SMILES string of the molecule is CCC[CH2][Sn]([CH2]CCC)[CH2]CCC.CCOP(C)(=O)C(C)OC[C@H]1O[C@@H](n2ncc3c(N(C(=O)OC(C)(C)C)C4CCCC4)nc(Cl)nc32)[C@@H]2OC(C)(C)O[C@@H]21.CCOP(C)(=O)C(COC(=S)n1ccnc1)OC[C@H]1O[C@@H](n2ncc3c(N(C(=O)OC(C)(C)C)C4CCCC4)nc(Cl)nc32)[C@@H]2OC(C)(C)O[C@@H]21. The van der Waals surface area contributed by atoms with Crippen molar-refractivity contribution in [3.63, 3.8) is 0 Å². The van der Waals surface area contributed by atoms with Crippen LogP contribution in [0.25, 0.3) is 22.1 Å². The van der Waals surface area contributed by atoms with E-state index in [1.54, 1.807) is 84.7 Å². The molecule has 4 aliphatic heterocycles. The predicted octanol–water partition coefficient (Wildman–Crippen LogP) is 16.7. The molecule has 35 heteroatoms. The Morgan fingerprint density at radius 1 is 0.645 bits per heavy atom. The van der Waals surface area contributed by atoms with Crippen LogP contribution in [-0.2, 0) is 70.3 Å². The van der Waals surface area contributed by atoms with Crippen molar-refractivity contribution in [2.75, 3.05) is 56.2 Å². The summed E-state index contributed by atoms with van der Waals surface area (Å²) in [5, 5.41) is 10.3. The first-order valence-electron chi connectivity index (χ1n) is 38.0. The van der Waals surface area contributed by atoms with Gasteiger partial charge in [0.05, 0.1) is 49.6 Å². The molecule has 29 nitrogen and oxygen atoms in total. The number of fused-ring (bicyclic) bond motifs is 4. The van der Waals surface area contributed by atoms with Crippen LogP contribution in [0.15, 0.2) is 31.1 Å². The van der Waals surface area contributed by atoms with Crippen LogP contribution in [-0.4, -0.2) is 216 Å². The van der Waals surface area contributed by atoms with Crippen molar-refractivity contribution in [3.05, 3.63) is 41.7 Å². The smallest absolute Gasteiger partial charge is 0.416 e. The van der Waals surface area contributed by atoms with Crippen molar-refractivity contribution in [1.29, 1.82) is 0 Å². The second kappa shape index (κ2) is 37.9. The number of anilines is 2. The molecule has 6 fully saturated rings. The van der Waals surface area contributed by atoms with Crippen molar-refractivity contribution in [3.8, 4) is 0 Å². The maximum absolute atomic E-state index is 13.7.